The van der Waals surface area contributed by atoms with E-state index in [1.165, 1.54) is 26.4 Å². The molecule has 16 heavy (non-hydrogen) atoms. The highest BCUT2D eigenvalue weighted by Crippen LogP contribution is 2.36. The molecule has 0 aliphatic heterocycles. The van der Waals surface area contributed by atoms with Gasteiger partial charge in [-0.3, -0.25) is 0 Å². The van der Waals surface area contributed by atoms with Crippen LogP contribution in [0.1, 0.15) is 17.4 Å². The van der Waals surface area contributed by atoms with Crippen LogP contribution in [0.15, 0.2) is 22.7 Å². The molecule has 0 bridgehead atoms. The van der Waals surface area contributed by atoms with Crippen molar-refractivity contribution in [1.82, 2.24) is 0 Å². The third kappa shape index (κ3) is 2.96. The van der Waals surface area contributed by atoms with Crippen LogP contribution >= 0.6 is 15.9 Å². The van der Waals surface area contributed by atoms with Gasteiger partial charge in [-0.05, 0) is 12.1 Å². The molecule has 1 aromatic rings. The lowest BCUT2D eigenvalue weighted by Crippen LogP contribution is -2.09. The quantitative estimate of drug-likeness (QED) is 0.791. The third-order valence-corrected chi connectivity index (χ3v) is 2.69. The van der Waals surface area contributed by atoms with Crippen LogP contribution in [0.5, 0.6) is 0 Å². The molecule has 0 N–H and O–H groups in total. The van der Waals surface area contributed by atoms with Crippen LogP contribution in [-0.4, -0.2) is 14.2 Å². The molecule has 0 aromatic heterocycles. The lowest BCUT2D eigenvalue weighted by Gasteiger charge is -2.16. The van der Waals surface area contributed by atoms with Crippen LogP contribution in [0, 0.1) is 0 Å². The van der Waals surface area contributed by atoms with Crippen molar-refractivity contribution in [2.45, 2.75) is 12.5 Å². The average Bonchev–Trinajstić information content (AvgIpc) is 2.20. The fraction of sp³-hybridized carbons (Fsp3) is 0.400. The van der Waals surface area contributed by atoms with Gasteiger partial charge in [0.05, 0.1) is 5.56 Å². The van der Waals surface area contributed by atoms with Crippen LogP contribution in [0.2, 0.25) is 0 Å². The molecule has 0 aliphatic rings. The zero-order valence-electron chi connectivity index (χ0n) is 8.64. The largest absolute Gasteiger partial charge is 0.417 e. The van der Waals surface area contributed by atoms with E-state index in [9.17, 15) is 13.2 Å². The van der Waals surface area contributed by atoms with Gasteiger partial charge in [-0.2, -0.15) is 13.2 Å². The minimum atomic E-state index is -4.40. The normalized spacial score (nSPS) is 12.2. The monoisotopic (exact) mass is 298 g/mol. The first kappa shape index (κ1) is 13.5. The van der Waals surface area contributed by atoms with Crippen LogP contribution in [0.25, 0.3) is 0 Å². The number of rotatable bonds is 3. The molecule has 0 aliphatic carbocycles. The molecule has 0 fully saturated rings. The van der Waals surface area contributed by atoms with Gasteiger partial charge in [0.15, 0.2) is 6.29 Å². The molecule has 0 amide bonds. The van der Waals surface area contributed by atoms with Crippen LogP contribution < -0.4 is 0 Å². The zero-order valence-corrected chi connectivity index (χ0v) is 10.2. The molecule has 0 saturated carbocycles. The van der Waals surface area contributed by atoms with Gasteiger partial charge in [-0.25, -0.2) is 0 Å². The van der Waals surface area contributed by atoms with Crippen molar-refractivity contribution < 1.29 is 22.6 Å². The second-order valence-electron chi connectivity index (χ2n) is 3.04. The van der Waals surface area contributed by atoms with E-state index in [2.05, 4.69) is 15.9 Å². The smallest absolute Gasteiger partial charge is 0.352 e. The topological polar surface area (TPSA) is 18.5 Å². The number of methoxy groups -OCH3 is 2. The summed E-state index contributed by atoms with van der Waals surface area (Å²) in [5, 5.41) is 0. The Balaban J connectivity index is 3.17. The van der Waals surface area contributed by atoms with E-state index in [4.69, 9.17) is 9.47 Å². The first-order valence-electron chi connectivity index (χ1n) is 4.32. The summed E-state index contributed by atoms with van der Waals surface area (Å²) < 4.78 is 47.5. The summed E-state index contributed by atoms with van der Waals surface area (Å²) in [4.78, 5) is 0. The van der Waals surface area contributed by atoms with E-state index in [1.54, 1.807) is 0 Å². The number of benzene rings is 1. The Bertz CT molecular complexity index is 362. The van der Waals surface area contributed by atoms with E-state index in [1.807, 2.05) is 0 Å². The lowest BCUT2D eigenvalue weighted by atomic mass is 10.1. The number of alkyl halides is 3. The SMILES string of the molecule is COC(OC)c1ccc(Br)c(C(F)(F)F)c1. The maximum atomic E-state index is 12.6. The highest BCUT2D eigenvalue weighted by atomic mass is 79.9. The van der Waals surface area contributed by atoms with Crippen molar-refractivity contribution in [3.05, 3.63) is 33.8 Å². The second kappa shape index (κ2) is 5.16. The van der Waals surface area contributed by atoms with E-state index in [0.29, 0.717) is 5.56 Å². The average molecular weight is 299 g/mol. The van der Waals surface area contributed by atoms with Gasteiger partial charge in [0.1, 0.15) is 0 Å². The first-order chi connectivity index (χ1) is 7.40. The predicted molar refractivity (Wildman–Crippen MR) is 55.9 cm³/mol. The number of halogens is 4. The van der Waals surface area contributed by atoms with Crippen molar-refractivity contribution in [3.8, 4) is 0 Å². The van der Waals surface area contributed by atoms with Crippen molar-refractivity contribution in [2.75, 3.05) is 14.2 Å². The van der Waals surface area contributed by atoms with E-state index < -0.39 is 18.0 Å². The lowest BCUT2D eigenvalue weighted by molar-refractivity contribution is -0.139. The molecule has 0 heterocycles. The Hall–Kier alpha value is -0.590. The maximum absolute atomic E-state index is 12.6. The van der Waals surface area contributed by atoms with Crippen molar-refractivity contribution in [1.29, 1.82) is 0 Å². The molecular formula is C10H10BrF3O2. The summed E-state index contributed by atoms with van der Waals surface area (Å²) in [6, 6.07) is 3.84. The molecule has 90 valence electrons. The molecule has 2 nitrogen and oxygen atoms in total. The summed E-state index contributed by atoms with van der Waals surface area (Å²) in [6.45, 7) is 0. The van der Waals surface area contributed by atoms with Crippen molar-refractivity contribution >= 4 is 15.9 Å². The minimum Gasteiger partial charge on any atom is -0.352 e. The molecule has 1 rings (SSSR count). The fourth-order valence-electron chi connectivity index (χ4n) is 1.28. The van der Waals surface area contributed by atoms with Crippen molar-refractivity contribution in [2.24, 2.45) is 0 Å². The molecule has 0 unspecified atom stereocenters. The minimum absolute atomic E-state index is 0.00490. The number of hydrogen-bond acceptors (Lipinski definition) is 2. The first-order valence-corrected chi connectivity index (χ1v) is 5.11. The standard InChI is InChI=1S/C10H10BrF3O2/c1-15-9(16-2)6-3-4-8(11)7(5-6)10(12,13)14/h3-5,9H,1-2H3. The highest BCUT2D eigenvalue weighted by Gasteiger charge is 2.33. The Labute approximate surface area is 99.5 Å². The van der Waals surface area contributed by atoms with E-state index in [-0.39, 0.29) is 4.47 Å². The van der Waals surface area contributed by atoms with Gasteiger partial charge in [0, 0.05) is 24.3 Å². The molecule has 0 spiro atoms. The van der Waals surface area contributed by atoms with Crippen molar-refractivity contribution in [3.63, 3.8) is 0 Å². The fourth-order valence-corrected chi connectivity index (χ4v) is 1.75. The van der Waals surface area contributed by atoms with Gasteiger partial charge in [-0.15, -0.1) is 0 Å². The predicted octanol–water partition coefficient (Wildman–Crippen LogP) is 3.76. The van der Waals surface area contributed by atoms with E-state index in [0.717, 1.165) is 6.07 Å². The Morgan fingerprint density at radius 2 is 1.75 bits per heavy atom. The van der Waals surface area contributed by atoms with Crippen LogP contribution in [0.4, 0.5) is 13.2 Å². The molecule has 0 atom stereocenters. The van der Waals surface area contributed by atoms with Gasteiger partial charge < -0.3 is 9.47 Å². The van der Waals surface area contributed by atoms with Gasteiger partial charge in [0.2, 0.25) is 0 Å². The highest BCUT2D eigenvalue weighted by molar-refractivity contribution is 9.10. The zero-order chi connectivity index (χ0) is 12.3. The maximum Gasteiger partial charge on any atom is 0.417 e. The van der Waals surface area contributed by atoms with E-state index >= 15 is 0 Å². The molecule has 1 aromatic carbocycles. The molecule has 6 heteroatoms. The Kier molecular flexibility index (Phi) is 4.35. The van der Waals surface area contributed by atoms with Gasteiger partial charge in [0.25, 0.3) is 0 Å². The molecular weight excluding hydrogens is 289 g/mol. The summed E-state index contributed by atoms with van der Waals surface area (Å²) in [5.74, 6) is 0. The summed E-state index contributed by atoms with van der Waals surface area (Å²) in [7, 11) is 2.73. The second-order valence-corrected chi connectivity index (χ2v) is 3.89. The third-order valence-electron chi connectivity index (χ3n) is 2.00. The number of ether oxygens (including phenoxy) is 2. The van der Waals surface area contributed by atoms with Crippen LogP contribution in [0.3, 0.4) is 0 Å². The van der Waals surface area contributed by atoms with Gasteiger partial charge in [-0.1, -0.05) is 22.0 Å². The van der Waals surface area contributed by atoms with Crippen LogP contribution in [-0.2, 0) is 15.7 Å². The summed E-state index contributed by atoms with van der Waals surface area (Å²) in [5.41, 5.74) is -0.426. The molecule has 0 radical (unpaired) electrons. The summed E-state index contributed by atoms with van der Waals surface area (Å²) >= 11 is 2.86. The summed E-state index contributed by atoms with van der Waals surface area (Å²) in [6.07, 6.45) is -5.20. The Morgan fingerprint density at radius 3 is 2.19 bits per heavy atom. The van der Waals surface area contributed by atoms with Gasteiger partial charge >= 0.3 is 6.18 Å². The number of hydrogen-bond donors (Lipinski definition) is 0. The molecule has 0 saturated heterocycles. The Morgan fingerprint density at radius 1 is 1.19 bits per heavy atom.